The van der Waals surface area contributed by atoms with Crippen molar-refractivity contribution in [2.75, 3.05) is 18.7 Å². The molecule has 0 aliphatic carbocycles. The number of nitrogens with one attached hydrogen (secondary N) is 1. The maximum Gasteiger partial charge on any atom is 0.260 e. The van der Waals surface area contributed by atoms with Crippen LogP contribution in [0, 0.1) is 0 Å². The molecule has 7 nitrogen and oxygen atoms in total. The quantitative estimate of drug-likeness (QED) is 0.365. The van der Waals surface area contributed by atoms with Gasteiger partial charge in [0, 0.05) is 22.2 Å². The first kappa shape index (κ1) is 21.8. The number of ether oxygens (including phenoxy) is 1. The summed E-state index contributed by atoms with van der Waals surface area (Å²) in [6, 6.07) is 24.1. The highest BCUT2D eigenvalue weighted by molar-refractivity contribution is 7.98. The van der Waals surface area contributed by atoms with Crippen molar-refractivity contribution in [1.82, 2.24) is 14.0 Å². The van der Waals surface area contributed by atoms with Gasteiger partial charge in [0.2, 0.25) is 11.7 Å². The summed E-state index contributed by atoms with van der Waals surface area (Å²) in [6.07, 6.45) is 1.99. The van der Waals surface area contributed by atoms with Gasteiger partial charge in [-0.3, -0.25) is 9.59 Å². The standard InChI is InChI=1S/C26H22N4O3S/c1-33-19-9-5-7-17(13-19)21-15-25(32)30-23-12-4-3-11-22(23)29(26(30)28-21)16-24(31)27-18-8-6-10-20(14-18)34-2/h3-15H,16H2,1-2H3,(H,27,31). The van der Waals surface area contributed by atoms with Crippen LogP contribution in [0.4, 0.5) is 5.69 Å². The zero-order valence-corrected chi connectivity index (χ0v) is 19.5. The fourth-order valence-electron chi connectivity index (χ4n) is 4.00. The minimum absolute atomic E-state index is 0.00845. The van der Waals surface area contributed by atoms with E-state index < -0.39 is 0 Å². The van der Waals surface area contributed by atoms with E-state index in [-0.39, 0.29) is 18.0 Å². The second-order valence-electron chi connectivity index (χ2n) is 7.70. The highest BCUT2D eigenvalue weighted by atomic mass is 32.2. The molecule has 0 bridgehead atoms. The van der Waals surface area contributed by atoms with Gasteiger partial charge in [-0.25, -0.2) is 9.38 Å². The van der Waals surface area contributed by atoms with Crippen molar-refractivity contribution in [2.24, 2.45) is 0 Å². The molecule has 0 spiro atoms. The summed E-state index contributed by atoms with van der Waals surface area (Å²) in [5.41, 5.74) is 3.23. The Morgan fingerprint density at radius 1 is 1.00 bits per heavy atom. The van der Waals surface area contributed by atoms with Gasteiger partial charge in [0.05, 0.1) is 23.8 Å². The molecular formula is C26H22N4O3S. The minimum atomic E-state index is -0.217. The molecule has 0 atom stereocenters. The number of imidazole rings is 1. The summed E-state index contributed by atoms with van der Waals surface area (Å²) in [7, 11) is 1.59. The van der Waals surface area contributed by atoms with Crippen molar-refractivity contribution < 1.29 is 9.53 Å². The van der Waals surface area contributed by atoms with E-state index in [0.717, 1.165) is 21.7 Å². The Morgan fingerprint density at radius 2 is 1.79 bits per heavy atom. The van der Waals surface area contributed by atoms with Crippen LogP contribution in [-0.4, -0.2) is 33.2 Å². The number of thioether (sulfide) groups is 1. The second kappa shape index (κ2) is 9.07. The van der Waals surface area contributed by atoms with Crippen molar-refractivity contribution in [2.45, 2.75) is 11.4 Å². The molecule has 1 amide bonds. The molecule has 1 N–H and O–H groups in total. The zero-order valence-electron chi connectivity index (χ0n) is 18.7. The van der Waals surface area contributed by atoms with Gasteiger partial charge in [0.1, 0.15) is 12.3 Å². The lowest BCUT2D eigenvalue weighted by Crippen LogP contribution is -2.20. The number of hydrogen-bond donors (Lipinski definition) is 1. The predicted molar refractivity (Wildman–Crippen MR) is 136 cm³/mol. The Balaban J connectivity index is 1.61. The van der Waals surface area contributed by atoms with Crippen LogP contribution in [0.1, 0.15) is 0 Å². The van der Waals surface area contributed by atoms with Gasteiger partial charge < -0.3 is 14.6 Å². The molecule has 0 saturated carbocycles. The third kappa shape index (κ3) is 4.04. The maximum absolute atomic E-state index is 13.2. The number of carbonyl (C=O) groups is 1. The molecule has 8 heteroatoms. The van der Waals surface area contributed by atoms with Crippen molar-refractivity contribution in [3.05, 3.63) is 89.2 Å². The van der Waals surface area contributed by atoms with Crippen LogP contribution in [0.25, 0.3) is 28.1 Å². The van der Waals surface area contributed by atoms with Crippen LogP contribution < -0.4 is 15.6 Å². The van der Waals surface area contributed by atoms with Crippen molar-refractivity contribution >= 4 is 40.2 Å². The van der Waals surface area contributed by atoms with E-state index in [1.165, 1.54) is 6.07 Å². The predicted octanol–water partition coefficient (Wildman–Crippen LogP) is 4.69. The number of aromatic nitrogens is 3. The van der Waals surface area contributed by atoms with Crippen molar-refractivity contribution in [1.29, 1.82) is 0 Å². The number of carbonyl (C=O) groups excluding carboxylic acids is 1. The molecule has 0 aliphatic rings. The van der Waals surface area contributed by atoms with Gasteiger partial charge in [-0.2, -0.15) is 0 Å². The van der Waals surface area contributed by atoms with Crippen LogP contribution in [0.5, 0.6) is 5.75 Å². The van der Waals surface area contributed by atoms with Crippen LogP contribution in [0.2, 0.25) is 0 Å². The molecule has 0 fully saturated rings. The normalized spacial score (nSPS) is 11.1. The van der Waals surface area contributed by atoms with Crippen molar-refractivity contribution in [3.63, 3.8) is 0 Å². The molecule has 2 heterocycles. The lowest BCUT2D eigenvalue weighted by molar-refractivity contribution is -0.116. The number of amides is 1. The molecule has 2 aromatic heterocycles. The number of hydrogen-bond acceptors (Lipinski definition) is 5. The number of benzene rings is 3. The summed E-state index contributed by atoms with van der Waals surface area (Å²) in [4.78, 5) is 32.1. The molecule has 5 rings (SSSR count). The Bertz CT molecular complexity index is 1590. The largest absolute Gasteiger partial charge is 0.497 e. The monoisotopic (exact) mass is 470 g/mol. The number of nitrogens with zero attached hydrogens (tertiary/aromatic N) is 3. The van der Waals surface area contributed by atoms with E-state index in [4.69, 9.17) is 9.72 Å². The fraction of sp³-hybridized carbons (Fsp3) is 0.115. The molecule has 34 heavy (non-hydrogen) atoms. The van der Waals surface area contributed by atoms with E-state index >= 15 is 0 Å². The molecule has 0 radical (unpaired) electrons. The highest BCUT2D eigenvalue weighted by Gasteiger charge is 2.17. The Kier molecular flexibility index (Phi) is 5.81. The van der Waals surface area contributed by atoms with Gasteiger partial charge in [0.25, 0.3) is 5.56 Å². The average Bonchev–Trinajstić information content (AvgIpc) is 3.18. The molecule has 3 aromatic carbocycles. The zero-order chi connectivity index (χ0) is 23.7. The van der Waals surface area contributed by atoms with Gasteiger partial charge >= 0.3 is 0 Å². The van der Waals surface area contributed by atoms with Gasteiger partial charge in [0.15, 0.2) is 0 Å². The minimum Gasteiger partial charge on any atom is -0.497 e. The van der Waals surface area contributed by atoms with Gasteiger partial charge in [-0.05, 0) is 48.7 Å². The van der Waals surface area contributed by atoms with E-state index in [1.807, 2.05) is 79.1 Å². The third-order valence-corrected chi connectivity index (χ3v) is 6.30. The summed E-state index contributed by atoms with van der Waals surface area (Å²) in [5, 5.41) is 2.96. The molecule has 0 unspecified atom stereocenters. The lowest BCUT2D eigenvalue weighted by Gasteiger charge is -2.09. The summed E-state index contributed by atoms with van der Waals surface area (Å²) in [5.74, 6) is 0.869. The molecule has 0 saturated heterocycles. The first-order valence-corrected chi connectivity index (χ1v) is 11.9. The number of fused-ring (bicyclic) bond motifs is 3. The van der Waals surface area contributed by atoms with Crippen LogP contribution in [0.15, 0.2) is 88.6 Å². The fourth-order valence-corrected chi connectivity index (χ4v) is 4.46. The average molecular weight is 471 g/mol. The number of para-hydroxylation sites is 2. The maximum atomic E-state index is 13.2. The number of methoxy groups -OCH3 is 1. The van der Waals surface area contributed by atoms with Crippen molar-refractivity contribution in [3.8, 4) is 17.0 Å². The Labute approximate surface area is 200 Å². The summed E-state index contributed by atoms with van der Waals surface area (Å²) in [6.45, 7) is 0.00845. The summed E-state index contributed by atoms with van der Waals surface area (Å²) < 4.78 is 8.64. The first-order valence-electron chi connectivity index (χ1n) is 10.7. The second-order valence-corrected chi connectivity index (χ2v) is 8.58. The van der Waals surface area contributed by atoms with E-state index in [2.05, 4.69) is 5.32 Å². The van der Waals surface area contributed by atoms with Crippen LogP contribution in [-0.2, 0) is 11.3 Å². The van der Waals surface area contributed by atoms with Gasteiger partial charge in [-0.15, -0.1) is 11.8 Å². The molecule has 0 aliphatic heterocycles. The van der Waals surface area contributed by atoms with E-state index in [9.17, 15) is 9.59 Å². The Morgan fingerprint density at radius 3 is 2.59 bits per heavy atom. The van der Waals surface area contributed by atoms with Crippen LogP contribution >= 0.6 is 11.8 Å². The van der Waals surface area contributed by atoms with Gasteiger partial charge in [-0.1, -0.05) is 30.3 Å². The van der Waals surface area contributed by atoms with E-state index in [0.29, 0.717) is 22.7 Å². The first-order chi connectivity index (χ1) is 16.6. The topological polar surface area (TPSA) is 77.6 Å². The lowest BCUT2D eigenvalue weighted by atomic mass is 10.1. The smallest absolute Gasteiger partial charge is 0.260 e. The Hall–Kier alpha value is -4.04. The molecule has 5 aromatic rings. The number of rotatable bonds is 6. The van der Waals surface area contributed by atoms with E-state index in [1.54, 1.807) is 27.8 Å². The summed E-state index contributed by atoms with van der Waals surface area (Å²) >= 11 is 1.61. The molecule has 170 valence electrons. The third-order valence-electron chi connectivity index (χ3n) is 5.58. The molecular weight excluding hydrogens is 448 g/mol. The number of anilines is 1. The van der Waals surface area contributed by atoms with Crippen LogP contribution in [0.3, 0.4) is 0 Å². The highest BCUT2D eigenvalue weighted by Crippen LogP contribution is 2.25. The SMILES string of the molecule is COc1cccc(-c2cc(=O)n3c4ccccc4n(CC(=O)Nc4cccc(SC)c4)c3n2)c1.